The number of carbonyl (C=O) groups excluding carboxylic acids is 1. The highest BCUT2D eigenvalue weighted by Gasteiger charge is 2.18. The van der Waals surface area contributed by atoms with E-state index in [1.165, 1.54) is 24.4 Å². The maximum Gasteiger partial charge on any atom is 0.282 e. The maximum atomic E-state index is 12.2. The molecule has 146 valence electrons. The van der Waals surface area contributed by atoms with Crippen LogP contribution in [0.25, 0.3) is 0 Å². The van der Waals surface area contributed by atoms with Crippen molar-refractivity contribution in [3.05, 3.63) is 104 Å². The van der Waals surface area contributed by atoms with Gasteiger partial charge in [-0.15, -0.1) is 0 Å². The lowest BCUT2D eigenvalue weighted by atomic mass is 10.2. The second-order valence-corrected chi connectivity index (χ2v) is 6.84. The highest BCUT2D eigenvalue weighted by atomic mass is 79.9. The zero-order valence-electron chi connectivity index (χ0n) is 15.1. The Morgan fingerprint density at radius 1 is 1.07 bits per heavy atom. The smallest absolute Gasteiger partial charge is 0.282 e. The zero-order chi connectivity index (χ0) is 20.6. The number of hydrogen-bond donors (Lipinski definition) is 1. The number of nitro benzene ring substituents is 1. The van der Waals surface area contributed by atoms with Gasteiger partial charge in [-0.2, -0.15) is 5.10 Å². The van der Waals surface area contributed by atoms with Gasteiger partial charge in [0.15, 0.2) is 0 Å². The van der Waals surface area contributed by atoms with Gasteiger partial charge in [-0.25, -0.2) is 5.43 Å². The van der Waals surface area contributed by atoms with Gasteiger partial charge >= 0.3 is 0 Å². The van der Waals surface area contributed by atoms with Crippen LogP contribution in [-0.2, 0) is 6.61 Å². The summed E-state index contributed by atoms with van der Waals surface area (Å²) in [6.45, 7) is 0.376. The number of nitro groups is 1. The Hall–Kier alpha value is -3.52. The van der Waals surface area contributed by atoms with E-state index >= 15 is 0 Å². The molecule has 0 bridgehead atoms. The molecule has 0 aliphatic heterocycles. The Morgan fingerprint density at radius 3 is 2.52 bits per heavy atom. The van der Waals surface area contributed by atoms with Crippen molar-refractivity contribution in [3.8, 4) is 5.75 Å². The van der Waals surface area contributed by atoms with E-state index in [9.17, 15) is 14.9 Å². The number of hydrogen-bond acceptors (Lipinski definition) is 5. The van der Waals surface area contributed by atoms with Crippen molar-refractivity contribution < 1.29 is 14.5 Å². The Morgan fingerprint density at radius 2 is 1.76 bits per heavy atom. The molecule has 0 unspecified atom stereocenters. The lowest BCUT2D eigenvalue weighted by Gasteiger charge is -2.09. The normalized spacial score (nSPS) is 10.7. The summed E-state index contributed by atoms with van der Waals surface area (Å²) in [5.41, 5.74) is 3.64. The van der Waals surface area contributed by atoms with Crippen LogP contribution in [0.4, 0.5) is 5.69 Å². The van der Waals surface area contributed by atoms with Crippen molar-refractivity contribution >= 4 is 33.7 Å². The van der Waals surface area contributed by atoms with Gasteiger partial charge in [0.1, 0.15) is 17.9 Å². The highest BCUT2D eigenvalue weighted by Crippen LogP contribution is 2.19. The summed E-state index contributed by atoms with van der Waals surface area (Å²) in [5.74, 6) is -0.0686. The van der Waals surface area contributed by atoms with Crippen LogP contribution in [0.2, 0.25) is 0 Å². The third-order valence-corrected chi connectivity index (χ3v) is 4.47. The van der Waals surface area contributed by atoms with E-state index in [1.54, 1.807) is 18.2 Å². The molecule has 29 heavy (non-hydrogen) atoms. The fraction of sp³-hybridized carbons (Fsp3) is 0.0476. The van der Waals surface area contributed by atoms with Gasteiger partial charge in [-0.3, -0.25) is 14.9 Å². The lowest BCUT2D eigenvalue weighted by Crippen LogP contribution is -2.19. The molecule has 0 aliphatic carbocycles. The lowest BCUT2D eigenvalue weighted by molar-refractivity contribution is -0.385. The Balaban J connectivity index is 1.67. The molecule has 0 heterocycles. The number of amides is 1. The van der Waals surface area contributed by atoms with Gasteiger partial charge in [0, 0.05) is 16.1 Å². The first-order valence-corrected chi connectivity index (χ1v) is 9.37. The minimum atomic E-state index is -0.665. The van der Waals surface area contributed by atoms with Crippen molar-refractivity contribution in [1.82, 2.24) is 5.43 Å². The summed E-state index contributed by atoms with van der Waals surface area (Å²) in [5, 5.41) is 15.0. The number of hydrazone groups is 1. The molecule has 0 aromatic heterocycles. The van der Waals surface area contributed by atoms with Gasteiger partial charge in [0.25, 0.3) is 11.6 Å². The van der Waals surface area contributed by atoms with Crippen LogP contribution in [0, 0.1) is 10.1 Å². The summed E-state index contributed by atoms with van der Waals surface area (Å²) >= 11 is 3.39. The predicted octanol–water partition coefficient (Wildman–Crippen LogP) is 4.70. The van der Waals surface area contributed by atoms with E-state index in [0.717, 1.165) is 10.0 Å². The van der Waals surface area contributed by atoms with E-state index in [2.05, 4.69) is 26.5 Å². The van der Waals surface area contributed by atoms with E-state index in [-0.39, 0.29) is 11.3 Å². The predicted molar refractivity (Wildman–Crippen MR) is 113 cm³/mol. The zero-order valence-corrected chi connectivity index (χ0v) is 16.7. The third kappa shape index (κ3) is 5.49. The van der Waals surface area contributed by atoms with E-state index in [1.807, 2.05) is 36.4 Å². The van der Waals surface area contributed by atoms with Gasteiger partial charge in [-0.05, 0) is 35.9 Å². The summed E-state index contributed by atoms with van der Waals surface area (Å²) < 4.78 is 6.84. The molecule has 3 aromatic carbocycles. The second kappa shape index (κ2) is 9.61. The van der Waals surface area contributed by atoms with Crippen molar-refractivity contribution in [3.63, 3.8) is 0 Å². The molecule has 0 spiro atoms. The van der Waals surface area contributed by atoms with Crippen LogP contribution >= 0.6 is 15.9 Å². The number of halogens is 1. The van der Waals surface area contributed by atoms with Crippen LogP contribution in [0.3, 0.4) is 0 Å². The molecule has 0 radical (unpaired) electrons. The molecule has 0 aliphatic rings. The minimum Gasteiger partial charge on any atom is -0.488 e. The van der Waals surface area contributed by atoms with Crippen LogP contribution in [0.15, 0.2) is 82.4 Å². The molecule has 8 heteroatoms. The number of carbonyl (C=O) groups is 1. The molecule has 0 atom stereocenters. The van der Waals surface area contributed by atoms with Gasteiger partial charge < -0.3 is 4.74 Å². The van der Waals surface area contributed by atoms with Gasteiger partial charge in [0.05, 0.1) is 11.1 Å². The highest BCUT2D eigenvalue weighted by molar-refractivity contribution is 9.10. The molecular weight excluding hydrogens is 438 g/mol. The standard InChI is InChI=1S/C21H16BrN3O4/c22-17-11-9-15(10-12-17)14-29-20-8-4-1-5-16(20)13-23-24-21(26)18-6-2-3-7-19(18)25(27)28/h1-13H,14H2,(H,24,26)/b23-13+. The van der Waals surface area contributed by atoms with Gasteiger partial charge in [0.2, 0.25) is 0 Å². The molecular formula is C21H16BrN3O4. The second-order valence-electron chi connectivity index (χ2n) is 5.93. The largest absolute Gasteiger partial charge is 0.488 e. The summed E-state index contributed by atoms with van der Waals surface area (Å²) in [7, 11) is 0. The quantitative estimate of drug-likeness (QED) is 0.318. The van der Waals surface area contributed by atoms with Crippen molar-refractivity contribution in [2.45, 2.75) is 6.61 Å². The molecule has 0 saturated carbocycles. The Labute approximate surface area is 175 Å². The third-order valence-electron chi connectivity index (χ3n) is 3.94. The van der Waals surface area contributed by atoms with Crippen LogP contribution < -0.4 is 10.2 Å². The topological polar surface area (TPSA) is 93.8 Å². The molecule has 3 aromatic rings. The van der Waals surface area contributed by atoms with Crippen molar-refractivity contribution in [2.24, 2.45) is 5.10 Å². The van der Waals surface area contributed by atoms with Crippen LogP contribution in [0.5, 0.6) is 5.75 Å². The molecule has 1 N–H and O–H groups in total. The van der Waals surface area contributed by atoms with Crippen LogP contribution in [-0.4, -0.2) is 17.0 Å². The van der Waals surface area contributed by atoms with Crippen molar-refractivity contribution in [1.29, 1.82) is 0 Å². The Kier molecular flexibility index (Phi) is 6.70. The fourth-order valence-electron chi connectivity index (χ4n) is 2.51. The number of benzene rings is 3. The van der Waals surface area contributed by atoms with E-state index < -0.39 is 10.8 Å². The average Bonchev–Trinajstić information content (AvgIpc) is 2.74. The van der Waals surface area contributed by atoms with Crippen molar-refractivity contribution in [2.75, 3.05) is 0 Å². The number of nitrogens with one attached hydrogen (secondary N) is 1. The van der Waals surface area contributed by atoms with Crippen LogP contribution in [0.1, 0.15) is 21.5 Å². The Bertz CT molecular complexity index is 1050. The number of nitrogens with zero attached hydrogens (tertiary/aromatic N) is 2. The summed E-state index contributed by atoms with van der Waals surface area (Å²) in [4.78, 5) is 22.7. The average molecular weight is 454 g/mol. The summed E-state index contributed by atoms with van der Waals surface area (Å²) in [6, 6.07) is 20.7. The molecule has 1 amide bonds. The van der Waals surface area contributed by atoms with E-state index in [0.29, 0.717) is 17.9 Å². The van der Waals surface area contributed by atoms with Gasteiger partial charge in [-0.1, -0.05) is 52.3 Å². The monoisotopic (exact) mass is 453 g/mol. The molecule has 3 rings (SSSR count). The molecule has 7 nitrogen and oxygen atoms in total. The SMILES string of the molecule is O=C(N/N=C/c1ccccc1OCc1ccc(Br)cc1)c1ccccc1[N+](=O)[O-]. The number of ether oxygens (including phenoxy) is 1. The first-order valence-electron chi connectivity index (χ1n) is 8.57. The van der Waals surface area contributed by atoms with E-state index in [4.69, 9.17) is 4.74 Å². The first-order chi connectivity index (χ1) is 14.0. The first kappa shape index (κ1) is 20.2. The fourth-order valence-corrected chi connectivity index (χ4v) is 2.77. The number of para-hydroxylation sites is 2. The molecule has 0 fully saturated rings. The molecule has 0 saturated heterocycles. The maximum absolute atomic E-state index is 12.2. The summed E-state index contributed by atoms with van der Waals surface area (Å²) in [6.07, 6.45) is 1.43. The minimum absolute atomic E-state index is 0.0607. The number of rotatable bonds is 7.